The molecule has 28 heavy (non-hydrogen) atoms. The van der Waals surface area contributed by atoms with E-state index in [2.05, 4.69) is 15.6 Å². The Hall–Kier alpha value is -3.05. The van der Waals surface area contributed by atoms with Crippen LogP contribution in [-0.4, -0.2) is 24.5 Å². The molecule has 3 rings (SSSR count). The van der Waals surface area contributed by atoms with Crippen LogP contribution in [0.3, 0.4) is 0 Å². The van der Waals surface area contributed by atoms with Gasteiger partial charge in [0.1, 0.15) is 11.4 Å². The molecule has 144 valence electrons. The van der Waals surface area contributed by atoms with Crippen molar-refractivity contribution in [3.8, 4) is 5.75 Å². The van der Waals surface area contributed by atoms with Crippen molar-refractivity contribution >= 4 is 28.9 Å². The zero-order valence-electron chi connectivity index (χ0n) is 15.8. The predicted octanol–water partition coefficient (Wildman–Crippen LogP) is 4.77. The Labute approximate surface area is 169 Å². The van der Waals surface area contributed by atoms with Crippen LogP contribution in [0, 0.1) is 6.92 Å². The maximum absolute atomic E-state index is 12.3. The monoisotopic (exact) mass is 395 g/mol. The molecule has 0 spiro atoms. The second kappa shape index (κ2) is 9.24. The first kappa shape index (κ1) is 19.7. The van der Waals surface area contributed by atoms with Crippen molar-refractivity contribution in [1.29, 1.82) is 0 Å². The van der Waals surface area contributed by atoms with E-state index in [9.17, 15) is 4.79 Å². The van der Waals surface area contributed by atoms with E-state index in [0.717, 1.165) is 34.7 Å². The van der Waals surface area contributed by atoms with E-state index in [1.807, 2.05) is 55.5 Å². The molecular weight excluding hydrogens is 374 g/mol. The van der Waals surface area contributed by atoms with Crippen molar-refractivity contribution in [1.82, 2.24) is 10.3 Å². The lowest BCUT2D eigenvalue weighted by Crippen LogP contribution is -2.26. The number of carbonyl (C=O) groups is 1. The van der Waals surface area contributed by atoms with Gasteiger partial charge in [0.15, 0.2) is 0 Å². The standard InChI is InChI=1S/C22H22ClN3O2/c1-15-3-10-21(28-2)20(13-15)26-18-8-9-19(25-14-18)22(27)24-12-11-16-4-6-17(23)7-5-16/h3-10,13-14,26H,11-12H2,1-2H3,(H,24,27). The van der Waals surface area contributed by atoms with E-state index < -0.39 is 0 Å². The number of aryl methyl sites for hydroxylation is 1. The Balaban J connectivity index is 1.57. The van der Waals surface area contributed by atoms with Crippen LogP contribution in [0.5, 0.6) is 5.75 Å². The Morgan fingerprint density at radius 1 is 1.11 bits per heavy atom. The highest BCUT2D eigenvalue weighted by Gasteiger charge is 2.08. The zero-order chi connectivity index (χ0) is 19.9. The van der Waals surface area contributed by atoms with Gasteiger partial charge in [0.25, 0.3) is 5.91 Å². The van der Waals surface area contributed by atoms with E-state index in [4.69, 9.17) is 16.3 Å². The normalized spacial score (nSPS) is 10.4. The first-order valence-electron chi connectivity index (χ1n) is 8.95. The van der Waals surface area contributed by atoms with Crippen LogP contribution in [0.15, 0.2) is 60.8 Å². The maximum atomic E-state index is 12.3. The van der Waals surface area contributed by atoms with Crippen LogP contribution in [0.2, 0.25) is 5.02 Å². The number of amides is 1. The second-order valence-electron chi connectivity index (χ2n) is 6.39. The molecule has 0 aliphatic carbocycles. The van der Waals surface area contributed by atoms with Crippen molar-refractivity contribution in [3.63, 3.8) is 0 Å². The SMILES string of the molecule is COc1ccc(C)cc1Nc1ccc(C(=O)NCCc2ccc(Cl)cc2)nc1. The number of methoxy groups -OCH3 is 1. The number of ether oxygens (including phenoxy) is 1. The molecule has 1 amide bonds. The number of carbonyl (C=O) groups excluding carboxylic acids is 1. The fraction of sp³-hybridized carbons (Fsp3) is 0.182. The summed E-state index contributed by atoms with van der Waals surface area (Å²) < 4.78 is 5.37. The average Bonchev–Trinajstić information content (AvgIpc) is 2.70. The van der Waals surface area contributed by atoms with Gasteiger partial charge in [-0.1, -0.05) is 29.8 Å². The van der Waals surface area contributed by atoms with Crippen molar-refractivity contribution in [3.05, 3.63) is 82.6 Å². The van der Waals surface area contributed by atoms with Gasteiger partial charge in [0.2, 0.25) is 0 Å². The number of rotatable bonds is 7. The van der Waals surface area contributed by atoms with E-state index in [0.29, 0.717) is 17.3 Å². The Morgan fingerprint density at radius 2 is 1.89 bits per heavy atom. The molecule has 3 aromatic rings. The predicted molar refractivity (Wildman–Crippen MR) is 113 cm³/mol. The number of halogens is 1. The molecule has 0 atom stereocenters. The molecule has 1 aromatic heterocycles. The van der Waals surface area contributed by atoms with Crippen LogP contribution in [0.25, 0.3) is 0 Å². The molecule has 2 aromatic carbocycles. The van der Waals surface area contributed by atoms with Gasteiger partial charge < -0.3 is 15.4 Å². The molecule has 1 heterocycles. The Morgan fingerprint density at radius 3 is 2.57 bits per heavy atom. The third-order valence-electron chi connectivity index (χ3n) is 4.24. The molecule has 0 aliphatic heterocycles. The van der Waals surface area contributed by atoms with Crippen molar-refractivity contribution < 1.29 is 9.53 Å². The third-order valence-corrected chi connectivity index (χ3v) is 4.49. The highest BCUT2D eigenvalue weighted by atomic mass is 35.5. The van der Waals surface area contributed by atoms with Gasteiger partial charge in [-0.2, -0.15) is 0 Å². The van der Waals surface area contributed by atoms with E-state index in [1.54, 1.807) is 19.4 Å². The minimum absolute atomic E-state index is 0.200. The minimum atomic E-state index is -0.200. The number of pyridine rings is 1. The van der Waals surface area contributed by atoms with E-state index >= 15 is 0 Å². The Kier molecular flexibility index (Phi) is 6.50. The second-order valence-corrected chi connectivity index (χ2v) is 6.83. The molecule has 0 fully saturated rings. The zero-order valence-corrected chi connectivity index (χ0v) is 16.6. The van der Waals surface area contributed by atoms with Crippen LogP contribution in [0.1, 0.15) is 21.6 Å². The molecule has 6 heteroatoms. The smallest absolute Gasteiger partial charge is 0.269 e. The summed E-state index contributed by atoms with van der Waals surface area (Å²) in [6.07, 6.45) is 2.37. The van der Waals surface area contributed by atoms with Gasteiger partial charge in [-0.3, -0.25) is 4.79 Å². The average molecular weight is 396 g/mol. The number of anilines is 2. The summed E-state index contributed by atoms with van der Waals surface area (Å²) in [5, 5.41) is 6.85. The summed E-state index contributed by atoms with van der Waals surface area (Å²) >= 11 is 5.87. The van der Waals surface area contributed by atoms with Crippen molar-refractivity contribution in [2.24, 2.45) is 0 Å². The summed E-state index contributed by atoms with van der Waals surface area (Å²) in [5.74, 6) is 0.545. The van der Waals surface area contributed by atoms with Crippen LogP contribution in [-0.2, 0) is 6.42 Å². The largest absolute Gasteiger partial charge is 0.495 e. The van der Waals surface area contributed by atoms with Crippen LogP contribution in [0.4, 0.5) is 11.4 Å². The number of benzene rings is 2. The lowest BCUT2D eigenvalue weighted by molar-refractivity contribution is 0.0949. The molecule has 5 nitrogen and oxygen atoms in total. The van der Waals surface area contributed by atoms with Crippen molar-refractivity contribution in [2.75, 3.05) is 19.0 Å². The summed E-state index contributed by atoms with van der Waals surface area (Å²) in [6.45, 7) is 2.54. The quantitative estimate of drug-likeness (QED) is 0.605. The minimum Gasteiger partial charge on any atom is -0.495 e. The fourth-order valence-corrected chi connectivity index (χ4v) is 2.87. The lowest BCUT2D eigenvalue weighted by Gasteiger charge is -2.12. The maximum Gasteiger partial charge on any atom is 0.269 e. The summed E-state index contributed by atoms with van der Waals surface area (Å²) in [7, 11) is 1.63. The van der Waals surface area contributed by atoms with Gasteiger partial charge in [0.05, 0.1) is 24.7 Å². The van der Waals surface area contributed by atoms with Crippen LogP contribution >= 0.6 is 11.6 Å². The van der Waals surface area contributed by atoms with Gasteiger partial charge in [-0.05, 0) is 60.9 Å². The highest BCUT2D eigenvalue weighted by Crippen LogP contribution is 2.28. The Bertz CT molecular complexity index is 941. The van der Waals surface area contributed by atoms with Gasteiger partial charge in [-0.25, -0.2) is 4.98 Å². The van der Waals surface area contributed by atoms with Gasteiger partial charge in [-0.15, -0.1) is 0 Å². The van der Waals surface area contributed by atoms with E-state index in [-0.39, 0.29) is 5.91 Å². The third kappa shape index (κ3) is 5.24. The summed E-state index contributed by atoms with van der Waals surface area (Å²) in [4.78, 5) is 16.5. The number of nitrogens with one attached hydrogen (secondary N) is 2. The molecule has 0 bridgehead atoms. The fourth-order valence-electron chi connectivity index (χ4n) is 2.74. The number of hydrogen-bond acceptors (Lipinski definition) is 4. The first-order valence-corrected chi connectivity index (χ1v) is 9.33. The molecular formula is C22H22ClN3O2. The number of nitrogens with zero attached hydrogens (tertiary/aromatic N) is 1. The lowest BCUT2D eigenvalue weighted by atomic mass is 10.1. The molecule has 0 aliphatic rings. The molecule has 0 saturated carbocycles. The highest BCUT2D eigenvalue weighted by molar-refractivity contribution is 6.30. The molecule has 2 N–H and O–H groups in total. The van der Waals surface area contributed by atoms with Crippen LogP contribution < -0.4 is 15.4 Å². The van der Waals surface area contributed by atoms with Gasteiger partial charge >= 0.3 is 0 Å². The summed E-state index contributed by atoms with van der Waals surface area (Å²) in [6, 6.07) is 17.0. The first-order chi connectivity index (χ1) is 13.5. The molecule has 0 unspecified atom stereocenters. The van der Waals surface area contributed by atoms with Crippen molar-refractivity contribution in [2.45, 2.75) is 13.3 Å². The summed E-state index contributed by atoms with van der Waals surface area (Å²) in [5.41, 5.74) is 4.24. The molecule has 0 radical (unpaired) electrons. The molecule has 0 saturated heterocycles. The van der Waals surface area contributed by atoms with E-state index in [1.165, 1.54) is 0 Å². The topological polar surface area (TPSA) is 63.2 Å². The number of aromatic nitrogens is 1. The number of hydrogen-bond donors (Lipinski definition) is 2. The van der Waals surface area contributed by atoms with Gasteiger partial charge in [0, 0.05) is 11.6 Å².